The van der Waals surface area contributed by atoms with Gasteiger partial charge in [-0.05, 0) is 102 Å². The molecule has 2 saturated heterocycles. The van der Waals surface area contributed by atoms with E-state index in [1.165, 1.54) is 12.3 Å². The van der Waals surface area contributed by atoms with Gasteiger partial charge in [-0.1, -0.05) is 12.1 Å². The van der Waals surface area contributed by atoms with Crippen LogP contribution < -0.4 is 0 Å². The number of nitrogens with zero attached hydrogens (tertiary/aromatic N) is 4. The molecule has 2 aliphatic heterocycles. The molecule has 0 radical (unpaired) electrons. The fraction of sp³-hybridized carbons (Fsp3) is 0.300. The van der Waals surface area contributed by atoms with Crippen molar-refractivity contribution in [2.24, 2.45) is 0 Å². The third-order valence-corrected chi connectivity index (χ3v) is 11.9. The monoisotopic (exact) mass is 1020 g/mol. The minimum Gasteiger partial charge on any atom is -0.462 e. The molecule has 4 aromatic heterocycles. The number of aromatic nitrogens is 4. The molecule has 6 aromatic rings. The lowest BCUT2D eigenvalue weighted by Gasteiger charge is -2.42. The highest BCUT2D eigenvalue weighted by molar-refractivity contribution is 5.97. The lowest BCUT2D eigenvalue weighted by molar-refractivity contribution is -0.307. The molecule has 72 heavy (non-hydrogen) atoms. The number of Topliss-reactive ketones (excluding diaryl/α,β-unsaturated/α-hetero) is 2. The topological polar surface area (TPSA) is 130 Å². The van der Waals surface area contributed by atoms with Gasteiger partial charge in [0.25, 0.3) is 0 Å². The van der Waals surface area contributed by atoms with Crippen molar-refractivity contribution in [1.82, 2.24) is 19.9 Å². The Labute approximate surface area is 401 Å². The molecule has 22 heteroatoms. The lowest BCUT2D eigenvalue weighted by atomic mass is 9.81. The summed E-state index contributed by atoms with van der Waals surface area (Å²) in [4.78, 5) is 52.7. The Bertz CT molecular complexity index is 2960. The Morgan fingerprint density at radius 1 is 0.597 bits per heavy atom. The normalized spacial score (nSPS) is 19.2. The SMILES string of the molecule is CC(=O)O[C@H]1CCO[C@](c2ccncc2CC(=O)c2ccc(F)c(-c3c(F)cccc3F)n2)(C(F)(F)F)C1.O=C(Cc1cnccc1[C@@]1(C(F)(F)F)CCCCO1)c1ccc(F)c(-c2c(F)cccc2F)n1. The molecular weight excluding hydrogens is 981 g/mol. The zero-order chi connectivity index (χ0) is 52.2. The molecule has 0 N–H and O–H groups in total. The van der Waals surface area contributed by atoms with Crippen LogP contribution in [0.3, 0.4) is 0 Å². The van der Waals surface area contributed by atoms with Crippen LogP contribution in [-0.4, -0.2) is 69.1 Å². The first kappa shape index (κ1) is 52.7. The molecular formula is C50H38F12N4O6. The van der Waals surface area contributed by atoms with Crippen LogP contribution in [0.5, 0.6) is 0 Å². The zero-order valence-corrected chi connectivity index (χ0v) is 37.5. The van der Waals surface area contributed by atoms with E-state index in [1.54, 1.807) is 0 Å². The van der Waals surface area contributed by atoms with E-state index >= 15 is 0 Å². The van der Waals surface area contributed by atoms with Gasteiger partial charge in [-0.15, -0.1) is 0 Å². The summed E-state index contributed by atoms with van der Waals surface area (Å²) in [5.74, 6) is -8.92. The van der Waals surface area contributed by atoms with Gasteiger partial charge >= 0.3 is 18.3 Å². The van der Waals surface area contributed by atoms with Crippen molar-refractivity contribution in [3.8, 4) is 22.5 Å². The van der Waals surface area contributed by atoms with E-state index in [0.29, 0.717) is 6.42 Å². The van der Waals surface area contributed by atoms with Crippen LogP contribution in [0.25, 0.3) is 22.5 Å². The van der Waals surface area contributed by atoms with Crippen LogP contribution in [0.15, 0.2) is 97.6 Å². The number of benzene rings is 2. The molecule has 10 nitrogen and oxygen atoms in total. The lowest BCUT2D eigenvalue weighted by Crippen LogP contribution is -2.51. The smallest absolute Gasteiger partial charge is 0.421 e. The summed E-state index contributed by atoms with van der Waals surface area (Å²) >= 11 is 0. The number of pyridine rings is 4. The molecule has 8 rings (SSSR count). The highest BCUT2D eigenvalue weighted by Crippen LogP contribution is 2.51. The number of esters is 1. The van der Waals surface area contributed by atoms with Gasteiger partial charge in [0.05, 0.1) is 17.7 Å². The predicted molar refractivity (Wildman–Crippen MR) is 230 cm³/mol. The standard InChI is InChI=1S/C26H20F6N2O4.C24H18F6N2O2/c1-14(35)38-16-8-10-37-25(12-16,26(30,31)32)17-7-9-33-13-15(17)11-22(36)21-6-5-20(29)24(34-21)23-18(27)3-2-4-19(23)28;25-16-4-3-5-17(26)21(16)22-18(27)6-7-19(32-22)20(33)12-14-13-31-10-8-15(14)23(24(28,29)30)9-1-2-11-34-23/h2-7,9,13,16H,8,10-12H2,1H3;3-8,10,13H,1-2,9,11-12H2/t16-,25+;23-/m01/s1. The van der Waals surface area contributed by atoms with Crippen molar-refractivity contribution in [2.75, 3.05) is 13.2 Å². The summed E-state index contributed by atoms with van der Waals surface area (Å²) in [6, 6.07) is 11.6. The molecule has 0 spiro atoms. The highest BCUT2D eigenvalue weighted by Gasteiger charge is 2.61. The number of halogens is 12. The fourth-order valence-electron chi connectivity index (χ4n) is 8.55. The van der Waals surface area contributed by atoms with E-state index in [1.807, 2.05) is 0 Å². The maximum Gasteiger partial charge on any atom is 0.421 e. The summed E-state index contributed by atoms with van der Waals surface area (Å²) in [6.07, 6.45) is -7.77. The fourth-order valence-corrected chi connectivity index (χ4v) is 8.55. The number of rotatable bonds is 11. The van der Waals surface area contributed by atoms with Crippen molar-refractivity contribution in [2.45, 2.75) is 81.5 Å². The van der Waals surface area contributed by atoms with Crippen molar-refractivity contribution in [3.63, 3.8) is 0 Å². The van der Waals surface area contributed by atoms with E-state index in [4.69, 9.17) is 14.2 Å². The van der Waals surface area contributed by atoms with Gasteiger partial charge in [-0.2, -0.15) is 26.3 Å². The summed E-state index contributed by atoms with van der Waals surface area (Å²) < 4.78 is 187. The number of carbonyl (C=O) groups excluding carboxylic acids is 3. The highest BCUT2D eigenvalue weighted by atomic mass is 19.4. The van der Waals surface area contributed by atoms with Crippen molar-refractivity contribution in [1.29, 1.82) is 0 Å². The van der Waals surface area contributed by atoms with Gasteiger partial charge in [-0.3, -0.25) is 24.4 Å². The van der Waals surface area contributed by atoms with Crippen LogP contribution in [0, 0.1) is 34.9 Å². The van der Waals surface area contributed by atoms with Gasteiger partial charge in [0.1, 0.15) is 63.8 Å². The maximum absolute atomic E-state index is 14.5. The van der Waals surface area contributed by atoms with E-state index in [9.17, 15) is 67.1 Å². The second kappa shape index (κ2) is 21.3. The number of hydrogen-bond donors (Lipinski definition) is 0. The number of ketones is 2. The van der Waals surface area contributed by atoms with Gasteiger partial charge in [0, 0.05) is 64.0 Å². The van der Waals surface area contributed by atoms with Crippen LogP contribution >= 0.6 is 0 Å². The van der Waals surface area contributed by atoms with Crippen molar-refractivity contribution in [3.05, 3.63) is 166 Å². The van der Waals surface area contributed by atoms with E-state index < -0.39 is 135 Å². The average Bonchev–Trinajstić information content (AvgIpc) is 3.32. The first-order valence-corrected chi connectivity index (χ1v) is 21.8. The number of alkyl halides is 6. The second-order valence-corrected chi connectivity index (χ2v) is 16.5. The number of hydrogen-bond acceptors (Lipinski definition) is 10. The molecule has 3 atom stereocenters. The molecule has 378 valence electrons. The van der Waals surface area contributed by atoms with Gasteiger partial charge < -0.3 is 14.2 Å². The Morgan fingerprint density at radius 3 is 1.46 bits per heavy atom. The first-order chi connectivity index (χ1) is 34.1. The maximum atomic E-state index is 14.5. The Kier molecular flexibility index (Phi) is 15.6. The molecule has 0 aliphatic carbocycles. The quantitative estimate of drug-likeness (QED) is 0.0702. The number of carbonyl (C=O) groups is 3. The molecule has 6 heterocycles. The Hall–Kier alpha value is -7.07. The minimum atomic E-state index is -4.96. The predicted octanol–water partition coefficient (Wildman–Crippen LogP) is 11.4. The van der Waals surface area contributed by atoms with E-state index in [-0.39, 0.29) is 54.9 Å². The molecule has 0 unspecified atom stereocenters. The summed E-state index contributed by atoms with van der Waals surface area (Å²) in [5, 5.41) is 0. The number of ether oxygens (including phenoxy) is 3. The average molecular weight is 1020 g/mol. The van der Waals surface area contributed by atoms with Gasteiger partial charge in [0.2, 0.25) is 0 Å². The van der Waals surface area contributed by atoms with Crippen LogP contribution in [0.1, 0.15) is 82.3 Å². The van der Waals surface area contributed by atoms with Gasteiger partial charge in [0.15, 0.2) is 22.8 Å². The zero-order valence-electron chi connectivity index (χ0n) is 37.5. The third kappa shape index (κ3) is 10.9. The van der Waals surface area contributed by atoms with E-state index in [0.717, 1.165) is 92.2 Å². The Balaban J connectivity index is 0.000000213. The minimum absolute atomic E-state index is 0.0310. The first-order valence-electron chi connectivity index (χ1n) is 21.8. The summed E-state index contributed by atoms with van der Waals surface area (Å²) in [6.45, 7) is 0.620. The van der Waals surface area contributed by atoms with Crippen LogP contribution in [0.2, 0.25) is 0 Å². The summed E-state index contributed by atoms with van der Waals surface area (Å²) in [5.41, 5.74) is -10.1. The van der Waals surface area contributed by atoms with Crippen molar-refractivity contribution >= 4 is 17.5 Å². The van der Waals surface area contributed by atoms with Gasteiger partial charge in [-0.25, -0.2) is 36.3 Å². The molecule has 2 aliphatic rings. The third-order valence-electron chi connectivity index (χ3n) is 11.9. The molecule has 0 amide bonds. The molecule has 2 aromatic carbocycles. The molecule has 0 bridgehead atoms. The molecule has 2 fully saturated rings. The van der Waals surface area contributed by atoms with E-state index in [2.05, 4.69) is 19.9 Å². The van der Waals surface area contributed by atoms with Crippen LogP contribution in [0.4, 0.5) is 52.7 Å². The van der Waals surface area contributed by atoms with Crippen LogP contribution in [-0.2, 0) is 43.0 Å². The second-order valence-electron chi connectivity index (χ2n) is 16.5. The summed E-state index contributed by atoms with van der Waals surface area (Å²) in [7, 11) is 0. The molecule has 0 saturated carbocycles. The largest absolute Gasteiger partial charge is 0.462 e. The Morgan fingerprint density at radius 2 is 1.04 bits per heavy atom. The van der Waals surface area contributed by atoms with Crippen molar-refractivity contribution < 1.29 is 81.3 Å².